The number of benzene rings is 2. The van der Waals surface area contributed by atoms with Crippen LogP contribution in [0.3, 0.4) is 0 Å². The molecule has 0 aromatic heterocycles. The Morgan fingerprint density at radius 3 is 1.38 bits per heavy atom. The summed E-state index contributed by atoms with van der Waals surface area (Å²) in [6, 6.07) is 24.0. The number of ketones is 4. The van der Waals surface area contributed by atoms with E-state index in [1.807, 2.05) is 60.7 Å². The van der Waals surface area contributed by atoms with Crippen LogP contribution in [0, 0.1) is 127 Å². The molecule has 2 saturated heterocycles. The van der Waals surface area contributed by atoms with Crippen molar-refractivity contribution in [3.05, 3.63) is 96.1 Å². The van der Waals surface area contributed by atoms with E-state index in [1.54, 1.807) is 0 Å². The van der Waals surface area contributed by atoms with Gasteiger partial charge < -0.3 is 9.47 Å². The Kier molecular flexibility index (Phi) is 5.26. The summed E-state index contributed by atoms with van der Waals surface area (Å²) in [5.41, 5.74) is -2.54. The fourth-order valence-corrected chi connectivity index (χ4v) is 20.1. The Bertz CT molecular complexity index is 2380. The predicted octanol–water partition coefficient (Wildman–Crippen LogP) is 6.39. The minimum absolute atomic E-state index is 0.121. The number of hydrogen-bond acceptors (Lipinski definition) is 8. The van der Waals surface area contributed by atoms with E-state index < -0.39 is 32.9 Å². The van der Waals surface area contributed by atoms with Crippen LogP contribution in [0.25, 0.3) is 0 Å². The van der Waals surface area contributed by atoms with Crippen molar-refractivity contribution < 1.29 is 28.7 Å². The number of nitriles is 2. The van der Waals surface area contributed by atoms with Gasteiger partial charge in [-0.25, -0.2) is 0 Å². The molecule has 4 spiro atoms. The van der Waals surface area contributed by atoms with Gasteiger partial charge in [-0.3, -0.25) is 19.2 Å². The first-order valence-corrected chi connectivity index (χ1v) is 22.1. The molecule has 0 amide bonds. The summed E-state index contributed by atoms with van der Waals surface area (Å²) in [4.78, 5) is 55.4. The van der Waals surface area contributed by atoms with E-state index in [0.717, 1.165) is 49.7 Å². The number of fused-ring (bicyclic) bond motifs is 14. The lowest BCUT2D eigenvalue weighted by molar-refractivity contribution is -0.303. The summed E-state index contributed by atoms with van der Waals surface area (Å²) < 4.78 is 13.7. The van der Waals surface area contributed by atoms with Gasteiger partial charge in [-0.05, 0) is 85.9 Å². The highest BCUT2D eigenvalue weighted by Gasteiger charge is 3.01. The van der Waals surface area contributed by atoms with E-state index in [-0.39, 0.29) is 94.5 Å². The average molecular weight is 767 g/mol. The van der Waals surface area contributed by atoms with E-state index in [2.05, 4.69) is 36.4 Å². The first-order valence-electron chi connectivity index (χ1n) is 22.1. The van der Waals surface area contributed by atoms with Gasteiger partial charge in [-0.1, -0.05) is 85.0 Å². The van der Waals surface area contributed by atoms with Crippen LogP contribution in [0.15, 0.2) is 85.0 Å². The SMILES string of the molecule is N#C[C@@]12C(=O)[C@@]34[C@@H]5[C@H]6[C@@H](CC[C@@H]51)[C@@H]2O[C@]63[C@@H]1C=C[C@H]4[C@@H](C(=O)c2ccccc2)C1.N#C[C@]12C(=O)[C@]34[C@H]5[C@@H]6[C@H](CC[C@H]51)[C@H]2O[C@@]63[C@H]1C=C[C@@H]4[C@H](C(=O)c2ccccc2)C1. The quantitative estimate of drug-likeness (QED) is 0.258. The highest BCUT2D eigenvalue weighted by Crippen LogP contribution is 2.93. The van der Waals surface area contributed by atoms with Crippen molar-refractivity contribution in [1.29, 1.82) is 10.5 Å². The molecule has 4 bridgehead atoms. The van der Waals surface area contributed by atoms with Crippen LogP contribution in [0.4, 0.5) is 0 Å². The molecule has 0 unspecified atom stereocenters. The van der Waals surface area contributed by atoms with Gasteiger partial charge in [0.1, 0.15) is 10.8 Å². The molecule has 22 atom stereocenters. The van der Waals surface area contributed by atoms with Crippen LogP contribution >= 0.6 is 0 Å². The number of carbonyl (C=O) groups is 4. The second kappa shape index (κ2) is 9.43. The molecule has 8 heteroatoms. The number of allylic oxidation sites excluding steroid dienone is 2. The number of rotatable bonds is 4. The van der Waals surface area contributed by atoms with Crippen molar-refractivity contribution in [2.24, 2.45) is 105 Å². The van der Waals surface area contributed by atoms with Crippen LogP contribution < -0.4 is 0 Å². The van der Waals surface area contributed by atoms with Gasteiger partial charge in [0.05, 0.1) is 46.4 Å². The lowest BCUT2D eigenvalue weighted by Gasteiger charge is -2.74. The van der Waals surface area contributed by atoms with Crippen molar-refractivity contribution in [3.8, 4) is 12.1 Å². The largest absolute Gasteiger partial charge is 0.367 e. The second-order valence-electron chi connectivity index (χ2n) is 21.0. The lowest BCUT2D eigenvalue weighted by Crippen LogP contribution is -2.81. The normalized spacial score (nSPS) is 58.2. The standard InChI is InChI=1S/2C25H21NO3/c2*26-11-23-17-9-7-14-18-19(17)24(22(23)28)16-8-6-13(25(18,24)29-21(14)23)10-15(16)20(27)12-4-2-1-3-5-12/h2*1-6,8,13-19,21H,7,9-10H2/t2*13-,14-,15+,16+,17+,18-,19+,21+,23-,24-,25-/m10/s1. The summed E-state index contributed by atoms with van der Waals surface area (Å²) in [5.74, 6) is 2.58. The van der Waals surface area contributed by atoms with Gasteiger partial charge in [-0.2, -0.15) is 10.5 Å². The van der Waals surface area contributed by atoms with Gasteiger partial charge in [0.15, 0.2) is 23.1 Å². The third kappa shape index (κ3) is 2.58. The molecule has 12 aliphatic carbocycles. The van der Waals surface area contributed by atoms with E-state index in [1.165, 1.54) is 0 Å². The summed E-state index contributed by atoms with van der Waals surface area (Å²) in [6.45, 7) is 0. The first-order chi connectivity index (χ1) is 28.3. The maximum Gasteiger partial charge on any atom is 0.166 e. The highest BCUT2D eigenvalue weighted by molar-refractivity contribution is 6.06. The van der Waals surface area contributed by atoms with Crippen molar-refractivity contribution in [1.82, 2.24) is 0 Å². The van der Waals surface area contributed by atoms with Crippen molar-refractivity contribution in [2.45, 2.75) is 61.9 Å². The lowest BCUT2D eigenvalue weighted by atomic mass is 9.29. The van der Waals surface area contributed by atoms with Gasteiger partial charge in [0.25, 0.3) is 0 Å². The Balaban J connectivity index is 0.000000112. The predicted molar refractivity (Wildman–Crippen MR) is 203 cm³/mol. The van der Waals surface area contributed by atoms with Gasteiger partial charge >= 0.3 is 0 Å². The van der Waals surface area contributed by atoms with Gasteiger partial charge in [0, 0.05) is 46.6 Å². The fourth-order valence-electron chi connectivity index (χ4n) is 20.1. The van der Waals surface area contributed by atoms with E-state index in [4.69, 9.17) is 9.47 Å². The van der Waals surface area contributed by atoms with Crippen molar-refractivity contribution >= 4 is 23.1 Å². The molecule has 10 fully saturated rings. The van der Waals surface area contributed by atoms with E-state index in [0.29, 0.717) is 23.7 Å². The maximum absolute atomic E-state index is 14.2. The van der Waals surface area contributed by atoms with Crippen LogP contribution in [0.1, 0.15) is 59.2 Å². The van der Waals surface area contributed by atoms with Crippen LogP contribution in [-0.2, 0) is 19.1 Å². The maximum atomic E-state index is 14.2. The fraction of sp³-hybridized carbons (Fsp3) is 0.560. The monoisotopic (exact) mass is 766 g/mol. The Hall–Kier alpha value is -4.50. The zero-order valence-corrected chi connectivity index (χ0v) is 31.9. The summed E-state index contributed by atoms with van der Waals surface area (Å²) in [5, 5.41) is 20.5. The topological polar surface area (TPSA) is 134 Å². The van der Waals surface area contributed by atoms with Gasteiger partial charge in [-0.15, -0.1) is 0 Å². The summed E-state index contributed by atoms with van der Waals surface area (Å²) >= 11 is 0. The average Bonchev–Trinajstić information content (AvgIpc) is 3.72. The van der Waals surface area contributed by atoms with E-state index >= 15 is 0 Å². The molecule has 0 radical (unpaired) electrons. The zero-order valence-electron chi connectivity index (χ0n) is 31.9. The minimum atomic E-state index is -0.949. The molecular formula is C50H42N2O6. The highest BCUT2D eigenvalue weighted by atomic mass is 16.5. The van der Waals surface area contributed by atoms with Crippen LogP contribution in [0.5, 0.6) is 0 Å². The Morgan fingerprint density at radius 2 is 0.983 bits per heavy atom. The smallest absolute Gasteiger partial charge is 0.166 e. The summed E-state index contributed by atoms with van der Waals surface area (Å²) in [6.07, 6.45) is 14.1. The molecule has 58 heavy (non-hydrogen) atoms. The number of nitrogens with zero attached hydrogens (tertiary/aromatic N) is 2. The molecule has 0 N–H and O–H groups in total. The van der Waals surface area contributed by atoms with Crippen LogP contribution in [-0.4, -0.2) is 46.5 Å². The number of hydrogen-bond donors (Lipinski definition) is 0. The Morgan fingerprint density at radius 1 is 0.569 bits per heavy atom. The Labute approximate surface area is 336 Å². The molecule has 8 nitrogen and oxygen atoms in total. The third-order valence-corrected chi connectivity index (χ3v) is 20.8. The number of ether oxygens (including phenoxy) is 2. The molecule has 2 aromatic rings. The molecule has 8 saturated carbocycles. The third-order valence-electron chi connectivity index (χ3n) is 20.8. The molecule has 2 heterocycles. The van der Waals surface area contributed by atoms with E-state index in [9.17, 15) is 29.7 Å². The van der Waals surface area contributed by atoms with Crippen molar-refractivity contribution in [3.63, 3.8) is 0 Å². The molecular weight excluding hydrogens is 725 g/mol. The zero-order chi connectivity index (χ0) is 38.7. The molecule has 14 aliphatic rings. The first kappa shape index (κ1) is 32.4. The van der Waals surface area contributed by atoms with Crippen molar-refractivity contribution in [2.75, 3.05) is 0 Å². The summed E-state index contributed by atoms with van der Waals surface area (Å²) in [7, 11) is 0. The molecule has 288 valence electrons. The second-order valence-corrected chi connectivity index (χ2v) is 21.0. The van der Waals surface area contributed by atoms with Gasteiger partial charge in [0.2, 0.25) is 0 Å². The molecule has 16 rings (SSSR count). The molecule has 2 aliphatic heterocycles. The van der Waals surface area contributed by atoms with Crippen LogP contribution in [0.2, 0.25) is 0 Å². The number of Topliss-reactive ketones (excluding diaryl/α,β-unsaturated/α-hetero) is 4. The minimum Gasteiger partial charge on any atom is -0.367 e. The molecule has 2 aromatic carbocycles. The number of carbonyl (C=O) groups excluding carboxylic acids is 4.